The molecule has 0 amide bonds. The van der Waals surface area contributed by atoms with Gasteiger partial charge in [0, 0.05) is 0 Å². The maximum Gasteiger partial charge on any atom is 0.327 e. The number of nitrogens with two attached hydrogens (primary N) is 1. The molecule has 1 unspecified atom stereocenters. The molecule has 23 heavy (non-hydrogen) atoms. The second-order valence-corrected chi connectivity index (χ2v) is 6.07. The Morgan fingerprint density at radius 2 is 1.52 bits per heavy atom. The van der Waals surface area contributed by atoms with Crippen LogP contribution in [0.1, 0.15) is 76.3 Å². The van der Waals surface area contributed by atoms with Crippen LogP contribution in [0.2, 0.25) is 0 Å². The molecule has 0 aliphatic rings. The van der Waals surface area contributed by atoms with Gasteiger partial charge in [-0.05, 0) is 24.1 Å². The first-order chi connectivity index (χ1) is 11.1. The van der Waals surface area contributed by atoms with Crippen molar-refractivity contribution in [1.82, 2.24) is 0 Å². The Balaban J connectivity index is 2.04. The summed E-state index contributed by atoms with van der Waals surface area (Å²) in [4.78, 5) is 11.9. The number of benzene rings is 1. The molecule has 0 heterocycles. The van der Waals surface area contributed by atoms with Crippen molar-refractivity contribution < 1.29 is 14.6 Å². The number of carbonyl (C=O) groups is 1. The number of rotatable bonds is 12. The molecular formula is C19H31NO3. The molecule has 130 valence electrons. The van der Waals surface area contributed by atoms with Crippen molar-refractivity contribution in [2.24, 2.45) is 5.73 Å². The molecule has 1 aromatic rings. The summed E-state index contributed by atoms with van der Waals surface area (Å²) in [6.45, 7) is 2.66. The van der Waals surface area contributed by atoms with E-state index < -0.39 is 12.0 Å². The minimum atomic E-state index is -0.783. The smallest absolute Gasteiger partial charge is 0.327 e. The Kier molecular flexibility index (Phi) is 10.1. The summed E-state index contributed by atoms with van der Waals surface area (Å²) >= 11 is 0. The normalized spacial score (nSPS) is 12.1. The Morgan fingerprint density at radius 1 is 1.00 bits per heavy atom. The lowest BCUT2D eigenvalue weighted by Crippen LogP contribution is -2.24. The average molecular weight is 321 g/mol. The lowest BCUT2D eigenvalue weighted by atomic mass is 10.1. The Labute approximate surface area is 140 Å². The van der Waals surface area contributed by atoms with Gasteiger partial charge in [-0.25, -0.2) is 4.79 Å². The molecule has 0 fully saturated rings. The van der Waals surface area contributed by atoms with Crippen LogP contribution in [0.5, 0.6) is 5.75 Å². The highest BCUT2D eigenvalue weighted by atomic mass is 16.5. The van der Waals surface area contributed by atoms with E-state index in [2.05, 4.69) is 6.92 Å². The van der Waals surface area contributed by atoms with Gasteiger partial charge < -0.3 is 15.6 Å². The number of hydrogen-bond acceptors (Lipinski definition) is 4. The summed E-state index contributed by atoms with van der Waals surface area (Å²) in [5.41, 5.74) is 6.51. The van der Waals surface area contributed by atoms with E-state index in [0.29, 0.717) is 12.2 Å². The van der Waals surface area contributed by atoms with E-state index in [1.807, 2.05) is 0 Å². The lowest BCUT2D eigenvalue weighted by molar-refractivity contribution is -0.145. The third kappa shape index (κ3) is 8.60. The molecule has 4 heteroatoms. The molecule has 0 radical (unpaired) electrons. The van der Waals surface area contributed by atoms with Crippen LogP contribution < -0.4 is 5.73 Å². The van der Waals surface area contributed by atoms with E-state index in [0.717, 1.165) is 12.8 Å². The van der Waals surface area contributed by atoms with E-state index in [4.69, 9.17) is 10.5 Å². The molecule has 3 N–H and O–H groups in total. The zero-order chi connectivity index (χ0) is 16.9. The first-order valence-corrected chi connectivity index (χ1v) is 8.86. The minimum absolute atomic E-state index is 0.156. The van der Waals surface area contributed by atoms with E-state index in [1.165, 1.54) is 57.1 Å². The highest BCUT2D eigenvalue weighted by Crippen LogP contribution is 2.16. The highest BCUT2D eigenvalue weighted by molar-refractivity contribution is 5.77. The van der Waals surface area contributed by atoms with E-state index >= 15 is 0 Å². The topological polar surface area (TPSA) is 72.5 Å². The van der Waals surface area contributed by atoms with Gasteiger partial charge in [0.05, 0.1) is 6.61 Å². The number of unbranched alkanes of at least 4 members (excludes halogenated alkanes) is 8. The fourth-order valence-corrected chi connectivity index (χ4v) is 2.49. The third-order valence-electron chi connectivity index (χ3n) is 4.00. The van der Waals surface area contributed by atoms with Crippen molar-refractivity contribution in [3.63, 3.8) is 0 Å². The SMILES string of the molecule is CCCCCCCCCCCOC(=O)C(N)c1ccc(O)cc1. The highest BCUT2D eigenvalue weighted by Gasteiger charge is 2.16. The molecular weight excluding hydrogens is 290 g/mol. The second-order valence-electron chi connectivity index (χ2n) is 6.07. The van der Waals surface area contributed by atoms with Crippen LogP contribution in [0.25, 0.3) is 0 Å². The van der Waals surface area contributed by atoms with Crippen LogP contribution in [0.4, 0.5) is 0 Å². The predicted octanol–water partition coefficient (Wildman–Crippen LogP) is 4.47. The maximum atomic E-state index is 11.9. The van der Waals surface area contributed by atoms with Crippen molar-refractivity contribution in [1.29, 1.82) is 0 Å². The van der Waals surface area contributed by atoms with Gasteiger partial charge in [0.25, 0.3) is 0 Å². The summed E-state index contributed by atoms with van der Waals surface area (Å²) in [5.74, 6) is -0.251. The Morgan fingerprint density at radius 3 is 2.09 bits per heavy atom. The zero-order valence-corrected chi connectivity index (χ0v) is 14.3. The first kappa shape index (κ1) is 19.5. The first-order valence-electron chi connectivity index (χ1n) is 8.86. The number of aromatic hydroxyl groups is 1. The quantitative estimate of drug-likeness (QED) is 0.440. The Hall–Kier alpha value is -1.55. The van der Waals surface area contributed by atoms with E-state index in [9.17, 15) is 9.90 Å². The number of phenols is 1. The summed E-state index contributed by atoms with van der Waals surface area (Å²) in [6.07, 6.45) is 11.1. The number of esters is 1. The standard InChI is InChI=1S/C19H31NO3/c1-2-3-4-5-6-7-8-9-10-15-23-19(22)18(20)16-11-13-17(21)14-12-16/h11-14,18,21H,2-10,15,20H2,1H3. The average Bonchev–Trinajstić information content (AvgIpc) is 2.56. The summed E-state index contributed by atoms with van der Waals surface area (Å²) in [5, 5.41) is 9.22. The van der Waals surface area contributed by atoms with Crippen LogP contribution in [0.3, 0.4) is 0 Å². The molecule has 1 rings (SSSR count). The van der Waals surface area contributed by atoms with Crippen molar-refractivity contribution >= 4 is 5.97 Å². The summed E-state index contributed by atoms with van der Waals surface area (Å²) in [7, 11) is 0. The van der Waals surface area contributed by atoms with Crippen LogP contribution in [-0.2, 0) is 9.53 Å². The van der Waals surface area contributed by atoms with Gasteiger partial charge in [-0.3, -0.25) is 0 Å². The molecule has 0 bridgehead atoms. The van der Waals surface area contributed by atoms with Crippen LogP contribution in [-0.4, -0.2) is 17.7 Å². The molecule has 0 spiro atoms. The monoisotopic (exact) mass is 321 g/mol. The molecule has 1 aromatic carbocycles. The minimum Gasteiger partial charge on any atom is -0.508 e. The van der Waals surface area contributed by atoms with Gasteiger partial charge in [0.15, 0.2) is 0 Å². The molecule has 0 saturated carbocycles. The Bertz CT molecular complexity index is 431. The summed E-state index contributed by atoms with van der Waals surface area (Å²) in [6, 6.07) is 5.53. The number of hydrogen-bond donors (Lipinski definition) is 2. The van der Waals surface area contributed by atoms with Crippen LogP contribution in [0.15, 0.2) is 24.3 Å². The van der Waals surface area contributed by atoms with Crippen molar-refractivity contribution in [2.75, 3.05) is 6.61 Å². The predicted molar refractivity (Wildman–Crippen MR) is 93.2 cm³/mol. The van der Waals surface area contributed by atoms with Crippen molar-refractivity contribution in [3.05, 3.63) is 29.8 Å². The second kappa shape index (κ2) is 11.9. The van der Waals surface area contributed by atoms with Gasteiger partial charge in [-0.15, -0.1) is 0 Å². The lowest BCUT2D eigenvalue weighted by Gasteiger charge is -2.12. The fourth-order valence-electron chi connectivity index (χ4n) is 2.49. The van der Waals surface area contributed by atoms with Gasteiger partial charge in [-0.1, -0.05) is 70.4 Å². The van der Waals surface area contributed by atoms with E-state index in [1.54, 1.807) is 12.1 Å². The third-order valence-corrected chi connectivity index (χ3v) is 4.00. The molecule has 0 aliphatic heterocycles. The van der Waals surface area contributed by atoms with Gasteiger partial charge in [-0.2, -0.15) is 0 Å². The summed E-state index contributed by atoms with van der Waals surface area (Å²) < 4.78 is 5.22. The molecule has 0 aliphatic carbocycles. The van der Waals surface area contributed by atoms with Gasteiger partial charge >= 0.3 is 5.97 Å². The number of phenolic OH excluding ortho intramolecular Hbond substituents is 1. The van der Waals surface area contributed by atoms with Gasteiger partial charge in [0.2, 0.25) is 0 Å². The van der Waals surface area contributed by atoms with Gasteiger partial charge in [0.1, 0.15) is 11.8 Å². The maximum absolute atomic E-state index is 11.9. The zero-order valence-electron chi connectivity index (χ0n) is 14.3. The van der Waals surface area contributed by atoms with Crippen molar-refractivity contribution in [3.8, 4) is 5.75 Å². The number of carbonyl (C=O) groups excluding carboxylic acids is 1. The number of ether oxygens (including phenoxy) is 1. The van der Waals surface area contributed by atoms with E-state index in [-0.39, 0.29) is 5.75 Å². The fraction of sp³-hybridized carbons (Fsp3) is 0.632. The van der Waals surface area contributed by atoms with Crippen LogP contribution in [0, 0.1) is 0 Å². The largest absolute Gasteiger partial charge is 0.508 e. The molecule has 4 nitrogen and oxygen atoms in total. The molecule has 1 atom stereocenters. The molecule has 0 saturated heterocycles. The molecule has 0 aromatic heterocycles. The van der Waals surface area contributed by atoms with Crippen molar-refractivity contribution in [2.45, 2.75) is 70.8 Å². The van der Waals surface area contributed by atoms with Crippen LogP contribution >= 0.6 is 0 Å².